The van der Waals surface area contributed by atoms with Crippen molar-refractivity contribution >= 4 is 42.9 Å². The first kappa shape index (κ1) is 14.6. The van der Waals surface area contributed by atoms with Crippen LogP contribution in [0.25, 0.3) is 22.4 Å². The van der Waals surface area contributed by atoms with E-state index in [9.17, 15) is 13.2 Å². The Bertz CT molecular complexity index is 825. The van der Waals surface area contributed by atoms with Crippen LogP contribution in [-0.2, 0) is 6.18 Å². The van der Waals surface area contributed by atoms with Crippen LogP contribution in [0.2, 0.25) is 0 Å². The van der Waals surface area contributed by atoms with Crippen LogP contribution < -0.4 is 0 Å². The van der Waals surface area contributed by atoms with Gasteiger partial charge in [-0.1, -0.05) is 37.9 Å². The Labute approximate surface area is 134 Å². The highest BCUT2D eigenvalue weighted by Crippen LogP contribution is 2.37. The van der Waals surface area contributed by atoms with E-state index in [-0.39, 0.29) is 4.47 Å². The Kier molecular flexibility index (Phi) is 3.57. The van der Waals surface area contributed by atoms with Gasteiger partial charge in [-0.3, -0.25) is 0 Å². The smallest absolute Gasteiger partial charge is 0.338 e. The first-order valence-electron chi connectivity index (χ1n) is 5.87. The summed E-state index contributed by atoms with van der Waals surface area (Å²) in [7, 11) is 0. The zero-order valence-electron chi connectivity index (χ0n) is 10.3. The average Bonchev–Trinajstić information content (AvgIpc) is 2.80. The van der Waals surface area contributed by atoms with Gasteiger partial charge in [0.15, 0.2) is 0 Å². The number of hydrogen-bond donors (Lipinski definition) is 1. The molecule has 0 saturated heterocycles. The van der Waals surface area contributed by atoms with Crippen molar-refractivity contribution < 1.29 is 13.2 Å². The fraction of sp³-hybridized carbons (Fsp3) is 0.0714. The van der Waals surface area contributed by atoms with E-state index in [0.29, 0.717) is 16.9 Å². The van der Waals surface area contributed by atoms with E-state index in [1.54, 1.807) is 12.1 Å². The van der Waals surface area contributed by atoms with Gasteiger partial charge in [-0.05, 0) is 30.3 Å². The van der Waals surface area contributed by atoms with Crippen LogP contribution >= 0.6 is 31.9 Å². The number of fused-ring (bicyclic) bond motifs is 1. The molecule has 0 aliphatic carbocycles. The fourth-order valence-electron chi connectivity index (χ4n) is 2.01. The van der Waals surface area contributed by atoms with Crippen LogP contribution in [0.4, 0.5) is 13.2 Å². The highest BCUT2D eigenvalue weighted by molar-refractivity contribution is 9.10. The molecule has 3 rings (SSSR count). The molecule has 0 aliphatic rings. The van der Waals surface area contributed by atoms with Gasteiger partial charge in [-0.25, -0.2) is 4.98 Å². The van der Waals surface area contributed by atoms with Gasteiger partial charge in [0, 0.05) is 14.5 Å². The summed E-state index contributed by atoms with van der Waals surface area (Å²) in [5.74, 6) is 0.404. The summed E-state index contributed by atoms with van der Waals surface area (Å²) in [6.07, 6.45) is -4.41. The van der Waals surface area contributed by atoms with Crippen molar-refractivity contribution in [3.05, 3.63) is 50.9 Å². The molecule has 0 spiro atoms. The molecular formula is C14H7Br2F3N2. The van der Waals surface area contributed by atoms with Gasteiger partial charge in [0.1, 0.15) is 5.82 Å². The summed E-state index contributed by atoms with van der Waals surface area (Å²) in [5.41, 5.74) is 1.13. The molecule has 1 N–H and O–H groups in total. The minimum Gasteiger partial charge on any atom is -0.338 e. The van der Waals surface area contributed by atoms with Crippen molar-refractivity contribution in [1.29, 1.82) is 0 Å². The lowest BCUT2D eigenvalue weighted by Crippen LogP contribution is -2.06. The third kappa shape index (κ3) is 2.85. The molecule has 0 radical (unpaired) electrons. The van der Waals surface area contributed by atoms with Gasteiger partial charge in [-0.15, -0.1) is 0 Å². The lowest BCUT2D eigenvalue weighted by atomic mass is 10.1. The van der Waals surface area contributed by atoms with Gasteiger partial charge in [0.25, 0.3) is 0 Å². The number of benzene rings is 2. The first-order valence-corrected chi connectivity index (χ1v) is 7.45. The number of H-pyrrole nitrogens is 1. The van der Waals surface area contributed by atoms with E-state index < -0.39 is 11.7 Å². The molecule has 2 nitrogen and oxygen atoms in total. The normalized spacial score (nSPS) is 12.0. The highest BCUT2D eigenvalue weighted by atomic mass is 79.9. The summed E-state index contributed by atoms with van der Waals surface area (Å²) in [6.45, 7) is 0. The molecule has 0 atom stereocenters. The minimum absolute atomic E-state index is 0.0117. The zero-order chi connectivity index (χ0) is 15.2. The van der Waals surface area contributed by atoms with E-state index in [2.05, 4.69) is 41.8 Å². The van der Waals surface area contributed by atoms with E-state index in [1.807, 2.05) is 12.1 Å². The molecule has 0 bridgehead atoms. The largest absolute Gasteiger partial charge is 0.417 e. The van der Waals surface area contributed by atoms with E-state index in [4.69, 9.17) is 0 Å². The molecule has 1 heterocycles. The van der Waals surface area contributed by atoms with Crippen molar-refractivity contribution in [2.24, 2.45) is 0 Å². The summed E-state index contributed by atoms with van der Waals surface area (Å²) >= 11 is 6.27. The van der Waals surface area contributed by atoms with Crippen LogP contribution in [0.5, 0.6) is 0 Å². The maximum Gasteiger partial charge on any atom is 0.417 e. The molecule has 21 heavy (non-hydrogen) atoms. The Hall–Kier alpha value is -1.34. The summed E-state index contributed by atoms with van der Waals surface area (Å²) in [5, 5.41) is 0. The van der Waals surface area contributed by atoms with Crippen molar-refractivity contribution in [3.8, 4) is 11.4 Å². The molecule has 1 aromatic heterocycles. The van der Waals surface area contributed by atoms with Crippen molar-refractivity contribution in [3.63, 3.8) is 0 Å². The molecule has 0 aliphatic heterocycles. The maximum absolute atomic E-state index is 12.9. The first-order chi connectivity index (χ1) is 9.84. The molecule has 0 saturated carbocycles. The van der Waals surface area contributed by atoms with E-state index >= 15 is 0 Å². The molecular weight excluding hydrogens is 413 g/mol. The highest BCUT2D eigenvalue weighted by Gasteiger charge is 2.33. The van der Waals surface area contributed by atoms with E-state index in [1.165, 1.54) is 6.07 Å². The Balaban J connectivity index is 2.14. The molecule has 3 aromatic rings. The third-order valence-corrected chi connectivity index (χ3v) is 4.17. The van der Waals surface area contributed by atoms with Gasteiger partial charge >= 0.3 is 6.18 Å². The number of nitrogens with one attached hydrogen (secondary N) is 1. The van der Waals surface area contributed by atoms with Gasteiger partial charge in [-0.2, -0.15) is 13.2 Å². The SMILES string of the molecule is FC(F)(F)c1cc(-c2nc3ccc(Br)cc3[nH]2)ccc1Br. The quantitative estimate of drug-likeness (QED) is 0.532. The lowest BCUT2D eigenvalue weighted by molar-refractivity contribution is -0.138. The zero-order valence-corrected chi connectivity index (χ0v) is 13.5. The Morgan fingerprint density at radius 3 is 2.48 bits per heavy atom. The van der Waals surface area contributed by atoms with Crippen LogP contribution in [0.15, 0.2) is 45.3 Å². The third-order valence-electron chi connectivity index (χ3n) is 2.99. The molecule has 7 heteroatoms. The second-order valence-electron chi connectivity index (χ2n) is 4.44. The second-order valence-corrected chi connectivity index (χ2v) is 6.21. The molecule has 2 aromatic carbocycles. The topological polar surface area (TPSA) is 28.7 Å². The summed E-state index contributed by atoms with van der Waals surface area (Å²) in [6, 6.07) is 9.50. The minimum atomic E-state index is -4.41. The van der Waals surface area contributed by atoms with Crippen molar-refractivity contribution in [1.82, 2.24) is 9.97 Å². The van der Waals surface area contributed by atoms with Crippen molar-refractivity contribution in [2.75, 3.05) is 0 Å². The van der Waals surface area contributed by atoms with Crippen LogP contribution in [0.3, 0.4) is 0 Å². The predicted octanol–water partition coefficient (Wildman–Crippen LogP) is 5.77. The van der Waals surface area contributed by atoms with Gasteiger partial charge in [0.05, 0.1) is 16.6 Å². The number of aromatic amines is 1. The Morgan fingerprint density at radius 1 is 1.00 bits per heavy atom. The fourth-order valence-corrected chi connectivity index (χ4v) is 2.84. The second kappa shape index (κ2) is 5.14. The van der Waals surface area contributed by atoms with E-state index in [0.717, 1.165) is 16.1 Å². The maximum atomic E-state index is 12.9. The lowest BCUT2D eigenvalue weighted by Gasteiger charge is -2.10. The van der Waals surface area contributed by atoms with Gasteiger partial charge in [0.2, 0.25) is 0 Å². The molecule has 0 unspecified atom stereocenters. The van der Waals surface area contributed by atoms with Crippen molar-refractivity contribution in [2.45, 2.75) is 6.18 Å². The number of nitrogens with zero attached hydrogens (tertiary/aromatic N) is 1. The average molecular weight is 420 g/mol. The summed E-state index contributed by atoms with van der Waals surface area (Å²) in [4.78, 5) is 7.34. The number of alkyl halides is 3. The number of rotatable bonds is 1. The standard InChI is InChI=1S/C14H7Br2F3N2/c15-8-2-4-11-12(6-8)21-13(20-11)7-1-3-10(16)9(5-7)14(17,18)19/h1-6H,(H,20,21). The number of imidazole rings is 1. The molecule has 0 amide bonds. The Morgan fingerprint density at radius 2 is 1.76 bits per heavy atom. The van der Waals surface area contributed by atoms with Gasteiger partial charge < -0.3 is 4.98 Å². The number of halogens is 5. The summed E-state index contributed by atoms with van der Waals surface area (Å²) < 4.78 is 39.7. The number of hydrogen-bond acceptors (Lipinski definition) is 1. The molecule has 108 valence electrons. The molecule has 0 fully saturated rings. The van der Waals surface area contributed by atoms with Crippen LogP contribution in [0.1, 0.15) is 5.56 Å². The monoisotopic (exact) mass is 418 g/mol. The number of aromatic nitrogens is 2. The van der Waals surface area contributed by atoms with Crippen LogP contribution in [0, 0.1) is 0 Å². The van der Waals surface area contributed by atoms with Crippen LogP contribution in [-0.4, -0.2) is 9.97 Å². The predicted molar refractivity (Wildman–Crippen MR) is 81.9 cm³/mol.